The Morgan fingerprint density at radius 3 is 2.44 bits per heavy atom. The summed E-state index contributed by atoms with van der Waals surface area (Å²) in [4.78, 5) is 2.55. The molecular weight excluding hydrogens is 583 g/mol. The number of fused-ring (bicyclic) bond motifs is 1. The maximum absolute atomic E-state index is 13.6. The van der Waals surface area contributed by atoms with Crippen molar-refractivity contribution >= 4 is 33.3 Å². The number of hydrogen-bond acceptors (Lipinski definition) is 7. The third-order valence-corrected chi connectivity index (χ3v) is 8.85. The molecule has 1 unspecified atom stereocenters. The number of ether oxygens (including phenoxy) is 1. The normalized spacial score (nSPS) is 23.5. The van der Waals surface area contributed by atoms with E-state index in [9.17, 15) is 27.6 Å². The molecule has 2 aliphatic rings. The molecular formula is C30H36F3N5O4S. The van der Waals surface area contributed by atoms with E-state index in [-0.39, 0.29) is 18.3 Å². The van der Waals surface area contributed by atoms with Gasteiger partial charge in [0.15, 0.2) is 0 Å². The fourth-order valence-corrected chi connectivity index (χ4v) is 6.41. The predicted molar refractivity (Wildman–Crippen MR) is 160 cm³/mol. The smallest absolute Gasteiger partial charge is 0.406 e. The lowest BCUT2D eigenvalue weighted by Crippen LogP contribution is -2.39. The summed E-state index contributed by atoms with van der Waals surface area (Å²) in [7, 11) is -0.199. The van der Waals surface area contributed by atoms with Crippen LogP contribution in [0.3, 0.4) is 0 Å². The molecule has 0 radical (unpaired) electrons. The Hall–Kier alpha value is -3.28. The second-order valence-electron chi connectivity index (χ2n) is 11.0. The van der Waals surface area contributed by atoms with Crippen LogP contribution < -0.4 is 20.5 Å². The van der Waals surface area contributed by atoms with Crippen molar-refractivity contribution in [3.63, 3.8) is 0 Å². The van der Waals surface area contributed by atoms with Gasteiger partial charge in [0.25, 0.3) is 0 Å². The number of methoxy groups -OCH3 is 1. The van der Waals surface area contributed by atoms with Crippen LogP contribution in [0.5, 0.6) is 5.75 Å². The van der Waals surface area contributed by atoms with Gasteiger partial charge in [-0.1, -0.05) is 12.0 Å². The molecule has 1 saturated heterocycles. The number of anilines is 2. The SMILES string of the molecule is COc1cc(S(N)=O)ccc1NCC#Cc1cc2c(NC3CCC(N4C[C@H](O)[C@@H](O)C4)CC3)cccc2n1CC(F)(F)F. The fourth-order valence-electron chi connectivity index (χ4n) is 5.98. The first-order valence-corrected chi connectivity index (χ1v) is 15.4. The van der Waals surface area contributed by atoms with Crippen LogP contribution in [-0.2, 0) is 17.5 Å². The van der Waals surface area contributed by atoms with Crippen LogP contribution >= 0.6 is 0 Å². The number of halogens is 3. The standard InChI is InChI=1S/C30H36F3N5O4S/c1-42-29-15-22(43(34)41)11-12-25(29)35-13-3-4-21-14-23-24(5-2-6-26(23)38(21)18-30(31,32)33)36-19-7-9-20(10-8-19)37-16-27(39)28(40)17-37/h2,5-6,11-12,14-15,19-20,27-28,35-36,39-40H,7-10,13,16-18,34H2,1H3/t19?,20?,27-,28-,43?/m0/s1. The van der Waals surface area contributed by atoms with Gasteiger partial charge < -0.3 is 30.2 Å². The molecule has 2 aromatic carbocycles. The zero-order chi connectivity index (χ0) is 30.7. The van der Waals surface area contributed by atoms with E-state index in [2.05, 4.69) is 27.4 Å². The van der Waals surface area contributed by atoms with Gasteiger partial charge in [0.05, 0.1) is 47.7 Å². The van der Waals surface area contributed by atoms with E-state index in [1.807, 2.05) is 6.07 Å². The Bertz CT molecular complexity index is 1520. The minimum Gasteiger partial charge on any atom is -0.495 e. The van der Waals surface area contributed by atoms with E-state index in [0.717, 1.165) is 31.4 Å². The van der Waals surface area contributed by atoms with Gasteiger partial charge in [-0.05, 0) is 68.0 Å². The molecule has 2 fully saturated rings. The molecule has 0 bridgehead atoms. The highest BCUT2D eigenvalue weighted by Gasteiger charge is 2.35. The lowest BCUT2D eigenvalue weighted by Gasteiger charge is -2.35. The zero-order valence-corrected chi connectivity index (χ0v) is 24.5. The summed E-state index contributed by atoms with van der Waals surface area (Å²) in [5.41, 5.74) is 2.04. The van der Waals surface area contributed by atoms with Gasteiger partial charge in [0.1, 0.15) is 23.3 Å². The lowest BCUT2D eigenvalue weighted by atomic mass is 9.90. The number of benzene rings is 2. The number of aliphatic hydroxyl groups is 2. The zero-order valence-electron chi connectivity index (χ0n) is 23.7. The Kier molecular flexibility index (Phi) is 9.53. The molecule has 232 valence electrons. The maximum atomic E-state index is 13.6. The van der Waals surface area contributed by atoms with Crippen molar-refractivity contribution in [1.29, 1.82) is 0 Å². The van der Waals surface area contributed by atoms with Gasteiger partial charge in [-0.2, -0.15) is 13.2 Å². The van der Waals surface area contributed by atoms with E-state index in [1.165, 1.54) is 11.7 Å². The molecule has 43 heavy (non-hydrogen) atoms. The van der Waals surface area contributed by atoms with Crippen molar-refractivity contribution in [3.05, 3.63) is 48.2 Å². The highest BCUT2D eigenvalue weighted by atomic mass is 32.2. The molecule has 0 spiro atoms. The monoisotopic (exact) mass is 619 g/mol. The van der Waals surface area contributed by atoms with Gasteiger partial charge in [0, 0.05) is 36.2 Å². The minimum absolute atomic E-state index is 0.133. The summed E-state index contributed by atoms with van der Waals surface area (Å²) in [6.45, 7) is -0.0764. The van der Waals surface area contributed by atoms with Crippen molar-refractivity contribution in [2.45, 2.75) is 67.6 Å². The van der Waals surface area contributed by atoms with E-state index >= 15 is 0 Å². The molecule has 1 saturated carbocycles. The van der Waals surface area contributed by atoms with E-state index < -0.39 is 35.9 Å². The predicted octanol–water partition coefficient (Wildman–Crippen LogP) is 3.42. The average molecular weight is 620 g/mol. The molecule has 3 atom stereocenters. The first kappa shape index (κ1) is 31.2. The van der Waals surface area contributed by atoms with E-state index in [0.29, 0.717) is 46.4 Å². The van der Waals surface area contributed by atoms with Gasteiger partial charge in [-0.15, -0.1) is 0 Å². The molecule has 6 N–H and O–H groups in total. The third kappa shape index (κ3) is 7.45. The molecule has 1 aliphatic heterocycles. The van der Waals surface area contributed by atoms with Crippen LogP contribution in [0, 0.1) is 11.8 Å². The minimum atomic E-state index is -4.43. The number of β-amino-alcohol motifs (C(OH)–C–C–N with tert-alkyl or cyclic N) is 2. The second kappa shape index (κ2) is 13.2. The summed E-state index contributed by atoms with van der Waals surface area (Å²) in [6.07, 6.45) is -2.29. The number of nitrogens with two attached hydrogens (primary N) is 1. The molecule has 3 aromatic rings. The van der Waals surface area contributed by atoms with E-state index in [1.54, 1.807) is 36.4 Å². The number of hydrogen-bond donors (Lipinski definition) is 5. The highest BCUT2D eigenvalue weighted by Crippen LogP contribution is 2.33. The first-order chi connectivity index (χ1) is 20.5. The number of rotatable bonds is 8. The molecule has 9 nitrogen and oxygen atoms in total. The Morgan fingerprint density at radius 2 is 1.79 bits per heavy atom. The molecule has 2 heterocycles. The number of aromatic nitrogens is 1. The molecule has 1 aliphatic carbocycles. The van der Waals surface area contributed by atoms with Crippen LogP contribution in [0.25, 0.3) is 10.9 Å². The molecule has 13 heteroatoms. The largest absolute Gasteiger partial charge is 0.495 e. The first-order valence-electron chi connectivity index (χ1n) is 14.1. The summed E-state index contributed by atoms with van der Waals surface area (Å²) in [6, 6.07) is 12.2. The summed E-state index contributed by atoms with van der Waals surface area (Å²) in [5.74, 6) is 6.24. The number of nitrogens with one attached hydrogen (secondary N) is 2. The number of likely N-dealkylation sites (tertiary alicyclic amines) is 1. The summed E-state index contributed by atoms with van der Waals surface area (Å²) in [5, 5.41) is 32.5. The van der Waals surface area contributed by atoms with Crippen LogP contribution in [0.1, 0.15) is 31.4 Å². The lowest BCUT2D eigenvalue weighted by molar-refractivity contribution is -0.140. The van der Waals surface area contributed by atoms with Crippen LogP contribution in [0.2, 0.25) is 0 Å². The maximum Gasteiger partial charge on any atom is 0.406 e. The van der Waals surface area contributed by atoms with E-state index in [4.69, 9.17) is 9.88 Å². The van der Waals surface area contributed by atoms with Crippen molar-refractivity contribution < 1.29 is 32.3 Å². The topological polar surface area (TPSA) is 125 Å². The van der Waals surface area contributed by atoms with Gasteiger partial charge in [0.2, 0.25) is 0 Å². The van der Waals surface area contributed by atoms with Crippen molar-refractivity contribution in [1.82, 2.24) is 9.47 Å². The van der Waals surface area contributed by atoms with Crippen molar-refractivity contribution in [3.8, 4) is 17.6 Å². The van der Waals surface area contributed by atoms with Crippen molar-refractivity contribution in [2.24, 2.45) is 5.14 Å². The van der Waals surface area contributed by atoms with Gasteiger partial charge in [-0.3, -0.25) is 4.90 Å². The van der Waals surface area contributed by atoms with Crippen LogP contribution in [0.4, 0.5) is 24.5 Å². The highest BCUT2D eigenvalue weighted by molar-refractivity contribution is 7.82. The van der Waals surface area contributed by atoms with Gasteiger partial charge in [-0.25, -0.2) is 9.35 Å². The fraction of sp³-hybridized carbons (Fsp3) is 0.467. The quantitative estimate of drug-likeness (QED) is 0.245. The van der Waals surface area contributed by atoms with Gasteiger partial charge >= 0.3 is 6.18 Å². The van der Waals surface area contributed by atoms with Crippen LogP contribution in [0.15, 0.2) is 47.4 Å². The number of alkyl halides is 3. The second-order valence-corrected chi connectivity index (χ2v) is 12.1. The number of nitrogens with zero attached hydrogens (tertiary/aromatic N) is 2. The Balaban J connectivity index is 1.31. The molecule has 1 aromatic heterocycles. The molecule has 5 rings (SSSR count). The Morgan fingerprint density at radius 1 is 1.07 bits per heavy atom. The average Bonchev–Trinajstić information content (AvgIpc) is 3.49. The van der Waals surface area contributed by atoms with Crippen molar-refractivity contribution in [2.75, 3.05) is 37.4 Å². The third-order valence-electron chi connectivity index (χ3n) is 8.13. The Labute approximate surface area is 250 Å². The molecule has 0 amide bonds. The summed E-state index contributed by atoms with van der Waals surface area (Å²) >= 11 is 0. The number of aliphatic hydroxyl groups excluding tert-OH is 2. The summed E-state index contributed by atoms with van der Waals surface area (Å²) < 4.78 is 58.9. The van der Waals surface area contributed by atoms with Crippen LogP contribution in [-0.4, -0.2) is 81.1 Å².